The van der Waals surface area contributed by atoms with Gasteiger partial charge in [-0.3, -0.25) is 14.6 Å². The predicted molar refractivity (Wildman–Crippen MR) is 103 cm³/mol. The van der Waals surface area contributed by atoms with E-state index < -0.39 is 6.04 Å². The van der Waals surface area contributed by atoms with Gasteiger partial charge in [0.25, 0.3) is 0 Å². The molecule has 0 aliphatic heterocycles. The van der Waals surface area contributed by atoms with Gasteiger partial charge < -0.3 is 10.6 Å². The lowest BCUT2D eigenvalue weighted by molar-refractivity contribution is -0.129. The lowest BCUT2D eigenvalue weighted by Gasteiger charge is -2.21. The third-order valence-corrected chi connectivity index (χ3v) is 4.21. The Morgan fingerprint density at radius 1 is 1.12 bits per heavy atom. The molecule has 2 amide bonds. The molecule has 0 aliphatic carbocycles. The number of carbonyl (C=O) groups is 2. The van der Waals surface area contributed by atoms with Gasteiger partial charge in [-0.1, -0.05) is 55.3 Å². The number of rotatable bonds is 8. The molecule has 0 fully saturated rings. The summed E-state index contributed by atoms with van der Waals surface area (Å²) < 4.78 is 0. The SMILES string of the molecule is CCCC(NC(=O)Cc1ccccc1)C(=O)N[C@H](C)c1ccc(Cl)cn1. The highest BCUT2D eigenvalue weighted by atomic mass is 35.5. The summed E-state index contributed by atoms with van der Waals surface area (Å²) in [5.41, 5.74) is 1.63. The van der Waals surface area contributed by atoms with Crippen molar-refractivity contribution < 1.29 is 9.59 Å². The van der Waals surface area contributed by atoms with E-state index in [2.05, 4.69) is 15.6 Å². The van der Waals surface area contributed by atoms with Crippen LogP contribution in [0.1, 0.15) is 44.0 Å². The van der Waals surface area contributed by atoms with Crippen molar-refractivity contribution in [1.82, 2.24) is 15.6 Å². The highest BCUT2D eigenvalue weighted by Gasteiger charge is 2.22. The molecular formula is C20H24ClN3O2. The summed E-state index contributed by atoms with van der Waals surface area (Å²) in [6.45, 7) is 3.83. The lowest BCUT2D eigenvalue weighted by Crippen LogP contribution is -2.47. The Morgan fingerprint density at radius 2 is 1.85 bits per heavy atom. The van der Waals surface area contributed by atoms with Gasteiger partial charge in [-0.05, 0) is 31.0 Å². The molecule has 26 heavy (non-hydrogen) atoms. The van der Waals surface area contributed by atoms with E-state index >= 15 is 0 Å². The third kappa shape index (κ3) is 6.15. The number of nitrogens with one attached hydrogen (secondary N) is 2. The predicted octanol–water partition coefficient (Wildman–Crippen LogP) is 3.44. The molecule has 1 aromatic heterocycles. The van der Waals surface area contributed by atoms with Crippen LogP contribution in [-0.4, -0.2) is 22.8 Å². The second kappa shape index (κ2) is 9.92. The minimum absolute atomic E-state index is 0.165. The average molecular weight is 374 g/mol. The number of amides is 2. The fourth-order valence-electron chi connectivity index (χ4n) is 2.62. The number of hydrogen-bond acceptors (Lipinski definition) is 3. The second-order valence-corrected chi connectivity index (χ2v) is 6.64. The number of nitrogens with zero attached hydrogens (tertiary/aromatic N) is 1. The summed E-state index contributed by atoms with van der Waals surface area (Å²) in [5.74, 6) is -0.375. The Morgan fingerprint density at radius 3 is 2.46 bits per heavy atom. The summed E-state index contributed by atoms with van der Waals surface area (Å²) in [6, 6.07) is 12.1. The van der Waals surface area contributed by atoms with Crippen molar-refractivity contribution in [2.24, 2.45) is 0 Å². The minimum atomic E-state index is -0.564. The first-order valence-electron chi connectivity index (χ1n) is 8.74. The number of pyridine rings is 1. The van der Waals surface area contributed by atoms with Crippen LogP contribution < -0.4 is 10.6 Å². The van der Waals surface area contributed by atoms with Crippen LogP contribution in [0.25, 0.3) is 0 Å². The molecule has 0 radical (unpaired) electrons. The summed E-state index contributed by atoms with van der Waals surface area (Å²) >= 11 is 5.84. The van der Waals surface area contributed by atoms with E-state index in [9.17, 15) is 9.59 Å². The number of benzene rings is 1. The molecule has 0 saturated heterocycles. The average Bonchev–Trinajstić information content (AvgIpc) is 2.62. The van der Waals surface area contributed by atoms with Gasteiger partial charge in [0.05, 0.1) is 23.2 Å². The summed E-state index contributed by atoms with van der Waals surface area (Å²) in [4.78, 5) is 29.1. The molecule has 0 aliphatic rings. The number of hydrogen-bond donors (Lipinski definition) is 2. The van der Waals surface area contributed by atoms with Crippen molar-refractivity contribution >= 4 is 23.4 Å². The zero-order chi connectivity index (χ0) is 18.9. The topological polar surface area (TPSA) is 71.1 Å². The summed E-state index contributed by atoms with van der Waals surface area (Å²) in [6.07, 6.45) is 3.16. The number of halogens is 1. The van der Waals surface area contributed by atoms with Crippen LogP contribution in [0.4, 0.5) is 0 Å². The Hall–Kier alpha value is -2.40. The van der Waals surface area contributed by atoms with Gasteiger partial charge in [-0.25, -0.2) is 0 Å². The fourth-order valence-corrected chi connectivity index (χ4v) is 2.73. The Balaban J connectivity index is 1.95. The van der Waals surface area contributed by atoms with Crippen molar-refractivity contribution in [3.05, 3.63) is 64.9 Å². The maximum absolute atomic E-state index is 12.6. The van der Waals surface area contributed by atoms with Gasteiger partial charge in [0.1, 0.15) is 6.04 Å². The molecule has 6 heteroatoms. The highest BCUT2D eigenvalue weighted by molar-refractivity contribution is 6.30. The van der Waals surface area contributed by atoms with E-state index in [0.717, 1.165) is 12.0 Å². The maximum Gasteiger partial charge on any atom is 0.243 e. The van der Waals surface area contributed by atoms with Gasteiger partial charge >= 0.3 is 0 Å². The first-order valence-corrected chi connectivity index (χ1v) is 9.12. The zero-order valence-electron chi connectivity index (χ0n) is 15.0. The molecule has 2 aromatic rings. The molecule has 1 unspecified atom stereocenters. The van der Waals surface area contributed by atoms with Gasteiger partial charge in [0.2, 0.25) is 11.8 Å². The highest BCUT2D eigenvalue weighted by Crippen LogP contribution is 2.13. The standard InChI is InChI=1S/C20H24ClN3O2/c1-3-7-18(24-19(25)12-15-8-5-4-6-9-15)20(26)23-14(2)17-11-10-16(21)13-22-17/h4-6,8-11,13-14,18H,3,7,12H2,1-2H3,(H,23,26)(H,24,25)/t14-,18?/m1/s1. The quantitative estimate of drug-likeness (QED) is 0.744. The van der Waals surface area contributed by atoms with Gasteiger partial charge in [0.15, 0.2) is 0 Å². The summed E-state index contributed by atoms with van der Waals surface area (Å²) in [5, 5.41) is 6.30. The van der Waals surface area contributed by atoms with E-state index in [-0.39, 0.29) is 24.3 Å². The van der Waals surface area contributed by atoms with Gasteiger partial charge in [-0.15, -0.1) is 0 Å². The molecule has 2 N–H and O–H groups in total. The number of carbonyl (C=O) groups excluding carboxylic acids is 2. The summed E-state index contributed by atoms with van der Waals surface area (Å²) in [7, 11) is 0. The monoisotopic (exact) mass is 373 g/mol. The smallest absolute Gasteiger partial charge is 0.243 e. The normalized spacial score (nSPS) is 12.9. The minimum Gasteiger partial charge on any atom is -0.346 e. The zero-order valence-corrected chi connectivity index (χ0v) is 15.8. The molecule has 1 heterocycles. The first kappa shape index (κ1) is 19.9. The van der Waals surface area contributed by atoms with Crippen molar-refractivity contribution in [3.63, 3.8) is 0 Å². The molecule has 138 valence electrons. The van der Waals surface area contributed by atoms with E-state index in [1.807, 2.05) is 44.2 Å². The van der Waals surface area contributed by atoms with Gasteiger partial charge in [-0.2, -0.15) is 0 Å². The van der Waals surface area contributed by atoms with E-state index in [4.69, 9.17) is 11.6 Å². The van der Waals surface area contributed by atoms with Gasteiger partial charge in [0, 0.05) is 6.20 Å². The van der Waals surface area contributed by atoms with Crippen LogP contribution in [0.3, 0.4) is 0 Å². The van der Waals surface area contributed by atoms with Crippen molar-refractivity contribution in [3.8, 4) is 0 Å². The van der Waals surface area contributed by atoms with Crippen molar-refractivity contribution in [1.29, 1.82) is 0 Å². The Kier molecular flexibility index (Phi) is 7.60. The largest absolute Gasteiger partial charge is 0.346 e. The second-order valence-electron chi connectivity index (χ2n) is 6.20. The molecule has 2 atom stereocenters. The third-order valence-electron chi connectivity index (χ3n) is 3.99. The van der Waals surface area contributed by atoms with E-state index in [1.165, 1.54) is 0 Å². The fraction of sp³-hybridized carbons (Fsp3) is 0.350. The van der Waals surface area contributed by atoms with Crippen molar-refractivity contribution in [2.75, 3.05) is 0 Å². The van der Waals surface area contributed by atoms with Crippen LogP contribution in [0, 0.1) is 0 Å². The Labute approximate surface area is 159 Å². The van der Waals surface area contributed by atoms with Crippen LogP contribution in [-0.2, 0) is 16.0 Å². The molecular weight excluding hydrogens is 350 g/mol. The Bertz CT molecular complexity index is 720. The first-order chi connectivity index (χ1) is 12.5. The van der Waals surface area contributed by atoms with Crippen LogP contribution in [0.5, 0.6) is 0 Å². The van der Waals surface area contributed by atoms with Crippen LogP contribution in [0.2, 0.25) is 5.02 Å². The molecule has 1 aromatic carbocycles. The maximum atomic E-state index is 12.6. The molecule has 0 bridgehead atoms. The van der Waals surface area contributed by atoms with Crippen molar-refractivity contribution in [2.45, 2.75) is 45.2 Å². The lowest BCUT2D eigenvalue weighted by atomic mass is 10.1. The molecule has 0 saturated carbocycles. The molecule has 2 rings (SSSR count). The van der Waals surface area contributed by atoms with E-state index in [1.54, 1.807) is 18.3 Å². The molecule has 0 spiro atoms. The van der Waals surface area contributed by atoms with Crippen LogP contribution in [0.15, 0.2) is 48.7 Å². The molecule has 5 nitrogen and oxygen atoms in total. The van der Waals surface area contributed by atoms with E-state index in [0.29, 0.717) is 17.1 Å². The number of aromatic nitrogens is 1. The van der Waals surface area contributed by atoms with Crippen LogP contribution >= 0.6 is 11.6 Å².